The van der Waals surface area contributed by atoms with Crippen LogP contribution in [0.2, 0.25) is 0 Å². The molecule has 1 rings (SSSR count). The van der Waals surface area contributed by atoms with E-state index in [1.807, 2.05) is 18.2 Å². The highest BCUT2D eigenvalue weighted by Crippen LogP contribution is 2.19. The summed E-state index contributed by atoms with van der Waals surface area (Å²) in [5.74, 6) is 0.384. The number of rotatable bonds is 3. The van der Waals surface area contributed by atoms with Gasteiger partial charge >= 0.3 is 0 Å². The Bertz CT molecular complexity index is 276. The highest BCUT2D eigenvalue weighted by molar-refractivity contribution is 5.37. The Kier molecular flexibility index (Phi) is 2.92. The van der Waals surface area contributed by atoms with E-state index in [1.54, 1.807) is 6.08 Å². The molecule has 0 atom stereocenters. The van der Waals surface area contributed by atoms with Crippen LogP contribution in [0.3, 0.4) is 0 Å². The summed E-state index contributed by atoms with van der Waals surface area (Å²) in [6, 6.07) is 5.81. The van der Waals surface area contributed by atoms with Gasteiger partial charge in [-0.3, -0.25) is 0 Å². The number of aryl methyl sites for hydroxylation is 1. The van der Waals surface area contributed by atoms with Crippen LogP contribution >= 0.6 is 0 Å². The van der Waals surface area contributed by atoms with E-state index in [2.05, 4.69) is 13.5 Å². The molecular weight excluding hydrogens is 148 g/mol. The van der Waals surface area contributed by atoms with Crippen LogP contribution in [0.25, 0.3) is 0 Å². The number of aromatic hydroxyl groups is 1. The maximum atomic E-state index is 9.51. The van der Waals surface area contributed by atoms with Crippen LogP contribution in [0.15, 0.2) is 30.9 Å². The third-order valence-corrected chi connectivity index (χ3v) is 1.92. The van der Waals surface area contributed by atoms with Crippen LogP contribution < -0.4 is 0 Å². The first-order valence-electron chi connectivity index (χ1n) is 4.19. The minimum atomic E-state index is 0.384. The summed E-state index contributed by atoms with van der Waals surface area (Å²) in [6.45, 7) is 5.70. The summed E-state index contributed by atoms with van der Waals surface area (Å²) in [6.07, 6.45) is 3.48. The van der Waals surface area contributed by atoms with E-state index in [0.29, 0.717) is 5.75 Å². The zero-order valence-corrected chi connectivity index (χ0v) is 7.38. The van der Waals surface area contributed by atoms with E-state index < -0.39 is 0 Å². The third-order valence-electron chi connectivity index (χ3n) is 1.92. The molecule has 0 aliphatic rings. The zero-order chi connectivity index (χ0) is 8.97. The fourth-order valence-corrected chi connectivity index (χ4v) is 1.16. The van der Waals surface area contributed by atoms with Crippen molar-refractivity contribution < 1.29 is 5.11 Å². The molecule has 1 aromatic carbocycles. The van der Waals surface area contributed by atoms with Gasteiger partial charge in [-0.2, -0.15) is 0 Å². The Labute approximate surface area is 73.4 Å². The molecule has 0 aliphatic heterocycles. The normalized spacial score (nSPS) is 9.75. The summed E-state index contributed by atoms with van der Waals surface area (Å²) in [7, 11) is 0. The molecule has 1 nitrogen and oxygen atoms in total. The van der Waals surface area contributed by atoms with Crippen molar-refractivity contribution in [2.24, 2.45) is 0 Å². The van der Waals surface area contributed by atoms with E-state index in [4.69, 9.17) is 0 Å². The predicted octanol–water partition coefficient (Wildman–Crippen LogP) is 2.68. The summed E-state index contributed by atoms with van der Waals surface area (Å²) < 4.78 is 0. The lowest BCUT2D eigenvalue weighted by molar-refractivity contribution is 0.469. The van der Waals surface area contributed by atoms with Crippen molar-refractivity contribution in [3.05, 3.63) is 42.0 Å². The first-order valence-corrected chi connectivity index (χ1v) is 4.19. The van der Waals surface area contributed by atoms with E-state index in [-0.39, 0.29) is 0 Å². The zero-order valence-electron chi connectivity index (χ0n) is 7.38. The highest BCUT2D eigenvalue weighted by Gasteiger charge is 1.98. The number of benzene rings is 1. The Balaban J connectivity index is 2.94. The Morgan fingerprint density at radius 1 is 1.50 bits per heavy atom. The molecule has 0 heterocycles. The Hall–Kier alpha value is -1.24. The molecule has 0 radical (unpaired) electrons. The number of hydrogen-bond donors (Lipinski definition) is 1. The van der Waals surface area contributed by atoms with E-state index in [9.17, 15) is 5.11 Å². The van der Waals surface area contributed by atoms with Gasteiger partial charge in [0, 0.05) is 0 Å². The highest BCUT2D eigenvalue weighted by atomic mass is 16.3. The van der Waals surface area contributed by atoms with Crippen molar-refractivity contribution in [3.63, 3.8) is 0 Å². The van der Waals surface area contributed by atoms with Gasteiger partial charge < -0.3 is 5.11 Å². The second-order valence-corrected chi connectivity index (χ2v) is 2.81. The lowest BCUT2D eigenvalue weighted by atomic mass is 10.1. The van der Waals surface area contributed by atoms with Gasteiger partial charge in [-0.1, -0.05) is 25.1 Å². The van der Waals surface area contributed by atoms with Gasteiger partial charge in [0.2, 0.25) is 0 Å². The molecule has 64 valence electrons. The maximum absolute atomic E-state index is 9.51. The molecule has 0 bridgehead atoms. The first kappa shape index (κ1) is 8.85. The molecule has 0 aromatic heterocycles. The van der Waals surface area contributed by atoms with Crippen LogP contribution in [-0.4, -0.2) is 5.11 Å². The van der Waals surface area contributed by atoms with Crippen molar-refractivity contribution in [1.82, 2.24) is 0 Å². The van der Waals surface area contributed by atoms with Gasteiger partial charge in [-0.05, 0) is 30.0 Å². The molecule has 0 unspecified atom stereocenters. The standard InChI is InChI=1S/C11H14O/c1-3-5-10-7-6-9(4-2)8-11(10)12/h3,6-8,12H,1,4-5H2,2H3. The summed E-state index contributed by atoms with van der Waals surface area (Å²) >= 11 is 0. The lowest BCUT2D eigenvalue weighted by Gasteiger charge is -2.03. The van der Waals surface area contributed by atoms with Crippen LogP contribution in [-0.2, 0) is 12.8 Å². The molecule has 0 fully saturated rings. The van der Waals surface area contributed by atoms with Crippen molar-refractivity contribution in [1.29, 1.82) is 0 Å². The van der Waals surface area contributed by atoms with E-state index in [0.717, 1.165) is 18.4 Å². The molecule has 0 amide bonds. The van der Waals surface area contributed by atoms with Gasteiger partial charge in [-0.15, -0.1) is 6.58 Å². The smallest absolute Gasteiger partial charge is 0.119 e. The largest absolute Gasteiger partial charge is 0.508 e. The molecule has 1 heteroatoms. The molecule has 12 heavy (non-hydrogen) atoms. The summed E-state index contributed by atoms with van der Waals surface area (Å²) in [5, 5.41) is 9.51. The third kappa shape index (κ3) is 1.88. The molecule has 0 saturated heterocycles. The van der Waals surface area contributed by atoms with Crippen LogP contribution in [0.5, 0.6) is 5.75 Å². The minimum Gasteiger partial charge on any atom is -0.508 e. The molecule has 0 aliphatic carbocycles. The lowest BCUT2D eigenvalue weighted by Crippen LogP contribution is -1.85. The van der Waals surface area contributed by atoms with Crippen molar-refractivity contribution in [3.8, 4) is 5.75 Å². The number of phenols is 1. The fraction of sp³-hybridized carbons (Fsp3) is 0.273. The monoisotopic (exact) mass is 162 g/mol. The average Bonchev–Trinajstić information content (AvgIpc) is 2.09. The van der Waals surface area contributed by atoms with Gasteiger partial charge in [0.15, 0.2) is 0 Å². The van der Waals surface area contributed by atoms with Gasteiger partial charge in [-0.25, -0.2) is 0 Å². The molecule has 0 spiro atoms. The first-order chi connectivity index (χ1) is 5.77. The Morgan fingerprint density at radius 3 is 2.75 bits per heavy atom. The maximum Gasteiger partial charge on any atom is 0.119 e. The predicted molar refractivity (Wildman–Crippen MR) is 51.4 cm³/mol. The number of hydrogen-bond acceptors (Lipinski definition) is 1. The van der Waals surface area contributed by atoms with Crippen LogP contribution in [0.4, 0.5) is 0 Å². The molecule has 1 N–H and O–H groups in total. The number of phenolic OH excluding ortho intramolecular Hbond substituents is 1. The van der Waals surface area contributed by atoms with E-state index >= 15 is 0 Å². The number of allylic oxidation sites excluding steroid dienone is 1. The molecule has 0 saturated carbocycles. The van der Waals surface area contributed by atoms with Crippen LogP contribution in [0.1, 0.15) is 18.1 Å². The average molecular weight is 162 g/mol. The quantitative estimate of drug-likeness (QED) is 0.677. The van der Waals surface area contributed by atoms with Crippen molar-refractivity contribution in [2.75, 3.05) is 0 Å². The van der Waals surface area contributed by atoms with Gasteiger partial charge in [0.05, 0.1) is 0 Å². The second-order valence-electron chi connectivity index (χ2n) is 2.81. The van der Waals surface area contributed by atoms with E-state index in [1.165, 1.54) is 5.56 Å². The second kappa shape index (κ2) is 3.96. The van der Waals surface area contributed by atoms with Crippen molar-refractivity contribution in [2.45, 2.75) is 19.8 Å². The fourth-order valence-electron chi connectivity index (χ4n) is 1.16. The topological polar surface area (TPSA) is 20.2 Å². The van der Waals surface area contributed by atoms with Gasteiger partial charge in [0.1, 0.15) is 5.75 Å². The summed E-state index contributed by atoms with van der Waals surface area (Å²) in [4.78, 5) is 0. The summed E-state index contributed by atoms with van der Waals surface area (Å²) in [5.41, 5.74) is 2.11. The van der Waals surface area contributed by atoms with Gasteiger partial charge in [0.25, 0.3) is 0 Å². The Morgan fingerprint density at radius 2 is 2.25 bits per heavy atom. The van der Waals surface area contributed by atoms with Crippen molar-refractivity contribution >= 4 is 0 Å². The molecule has 1 aromatic rings. The minimum absolute atomic E-state index is 0.384. The van der Waals surface area contributed by atoms with Crippen LogP contribution in [0, 0.1) is 0 Å². The molecular formula is C11H14O. The SMILES string of the molecule is C=CCc1ccc(CC)cc1O.